The first kappa shape index (κ1) is 20.4. The fourth-order valence-electron chi connectivity index (χ4n) is 3.06. The van der Waals surface area contributed by atoms with Crippen LogP contribution in [0.15, 0.2) is 71.4 Å². The Balaban J connectivity index is 1.31. The van der Waals surface area contributed by atoms with Gasteiger partial charge in [0.25, 0.3) is 0 Å². The zero-order valence-electron chi connectivity index (χ0n) is 17.8. The van der Waals surface area contributed by atoms with Gasteiger partial charge in [0.05, 0.1) is 12.2 Å². The van der Waals surface area contributed by atoms with Crippen LogP contribution in [0.4, 0.5) is 22.0 Å². The van der Waals surface area contributed by atoms with Gasteiger partial charge >= 0.3 is 6.03 Å². The molecule has 7 nitrogen and oxygen atoms in total. The van der Waals surface area contributed by atoms with E-state index in [1.807, 2.05) is 69.4 Å². The third-order valence-electron chi connectivity index (χ3n) is 4.79. The number of urea groups is 1. The molecule has 2 aromatic heterocycles. The molecule has 0 saturated carbocycles. The van der Waals surface area contributed by atoms with Crippen molar-refractivity contribution in [3.05, 3.63) is 78.3 Å². The van der Waals surface area contributed by atoms with E-state index in [2.05, 4.69) is 38.2 Å². The Morgan fingerprint density at radius 1 is 0.935 bits per heavy atom. The first-order valence-corrected chi connectivity index (χ1v) is 10.1. The Morgan fingerprint density at radius 2 is 1.65 bits per heavy atom. The van der Waals surface area contributed by atoms with Crippen molar-refractivity contribution in [3.63, 3.8) is 0 Å². The summed E-state index contributed by atoms with van der Waals surface area (Å²) < 4.78 is 5.28. The molecule has 0 saturated heterocycles. The van der Waals surface area contributed by atoms with Crippen molar-refractivity contribution in [1.82, 2.24) is 10.1 Å². The first-order valence-electron chi connectivity index (χ1n) is 10.1. The van der Waals surface area contributed by atoms with Gasteiger partial charge in [-0.3, -0.25) is 10.3 Å². The van der Waals surface area contributed by atoms with Gasteiger partial charge in [-0.05, 0) is 35.7 Å². The van der Waals surface area contributed by atoms with E-state index in [-0.39, 0.29) is 11.4 Å². The molecule has 0 aliphatic carbocycles. The number of carbonyl (C=O) groups is 1. The summed E-state index contributed by atoms with van der Waals surface area (Å²) >= 11 is 0. The number of benzene rings is 2. The molecule has 158 valence electrons. The highest BCUT2D eigenvalue weighted by molar-refractivity contribution is 5.99. The first-order chi connectivity index (χ1) is 14.9. The third kappa shape index (κ3) is 5.19. The molecule has 0 atom stereocenters. The van der Waals surface area contributed by atoms with Crippen LogP contribution in [0, 0.1) is 0 Å². The van der Waals surface area contributed by atoms with Crippen molar-refractivity contribution < 1.29 is 9.32 Å². The van der Waals surface area contributed by atoms with E-state index in [0.29, 0.717) is 23.8 Å². The molecule has 31 heavy (non-hydrogen) atoms. The number of fused-ring (bicyclic) bond motifs is 1. The minimum absolute atomic E-state index is 0.172. The highest BCUT2D eigenvalue weighted by atomic mass is 16.5. The maximum absolute atomic E-state index is 12.2. The molecule has 4 aromatic rings. The van der Waals surface area contributed by atoms with Crippen molar-refractivity contribution in [1.29, 1.82) is 0 Å². The van der Waals surface area contributed by atoms with Gasteiger partial charge in [-0.15, -0.1) is 0 Å². The highest BCUT2D eigenvalue weighted by Crippen LogP contribution is 2.24. The van der Waals surface area contributed by atoms with Crippen molar-refractivity contribution in [2.75, 3.05) is 16.0 Å². The van der Waals surface area contributed by atoms with Gasteiger partial charge in [-0.1, -0.05) is 50.2 Å². The Kier molecular flexibility index (Phi) is 5.58. The molecule has 3 N–H and O–H groups in total. The average molecular weight is 415 g/mol. The second-order valence-corrected chi connectivity index (χ2v) is 8.36. The Hall–Kier alpha value is -3.87. The number of anilines is 3. The van der Waals surface area contributed by atoms with Gasteiger partial charge in [0, 0.05) is 34.4 Å². The minimum atomic E-state index is -0.380. The molecule has 0 bridgehead atoms. The molecular formula is C24H25N5O2. The Morgan fingerprint density at radius 3 is 2.35 bits per heavy atom. The number of amides is 2. The molecule has 7 heteroatoms. The van der Waals surface area contributed by atoms with E-state index in [9.17, 15) is 4.79 Å². The largest absolute Gasteiger partial charge is 0.379 e. The van der Waals surface area contributed by atoms with Crippen LogP contribution in [0.5, 0.6) is 0 Å². The molecule has 0 aliphatic rings. The van der Waals surface area contributed by atoms with Gasteiger partial charge in [0.2, 0.25) is 0 Å². The van der Waals surface area contributed by atoms with Crippen molar-refractivity contribution in [3.8, 4) is 0 Å². The second-order valence-electron chi connectivity index (χ2n) is 8.36. The maximum atomic E-state index is 12.2. The number of carbonyl (C=O) groups excluding carboxylic acids is 1. The number of aromatic nitrogens is 2. The quantitative estimate of drug-likeness (QED) is 0.384. The highest BCUT2D eigenvalue weighted by Gasteiger charge is 2.20. The number of hydrogen-bond acceptors (Lipinski definition) is 5. The predicted molar refractivity (Wildman–Crippen MR) is 123 cm³/mol. The zero-order chi connectivity index (χ0) is 21.8. The van der Waals surface area contributed by atoms with Gasteiger partial charge in [0.1, 0.15) is 5.76 Å². The molecular weight excluding hydrogens is 390 g/mol. The van der Waals surface area contributed by atoms with Crippen molar-refractivity contribution in [2.24, 2.45) is 0 Å². The van der Waals surface area contributed by atoms with Gasteiger partial charge in [-0.25, -0.2) is 4.79 Å². The monoisotopic (exact) mass is 415 g/mol. The fourth-order valence-corrected chi connectivity index (χ4v) is 3.06. The van der Waals surface area contributed by atoms with Crippen LogP contribution >= 0.6 is 0 Å². The number of nitrogens with zero attached hydrogens (tertiary/aromatic N) is 2. The Labute approximate surface area is 180 Å². The molecule has 2 aromatic carbocycles. The summed E-state index contributed by atoms with van der Waals surface area (Å²) in [4.78, 5) is 16.7. The van der Waals surface area contributed by atoms with E-state index < -0.39 is 0 Å². The summed E-state index contributed by atoms with van der Waals surface area (Å²) in [6, 6.07) is 19.1. The summed E-state index contributed by atoms with van der Waals surface area (Å²) in [6.07, 6.45) is 1.89. The van der Waals surface area contributed by atoms with E-state index in [4.69, 9.17) is 4.52 Å². The van der Waals surface area contributed by atoms with E-state index in [0.717, 1.165) is 16.8 Å². The lowest BCUT2D eigenvalue weighted by Crippen LogP contribution is -2.19. The number of nitrogens with one attached hydrogen (secondary N) is 3. The van der Waals surface area contributed by atoms with Crippen molar-refractivity contribution >= 4 is 34.0 Å². The number of pyridine rings is 1. The molecule has 0 spiro atoms. The lowest BCUT2D eigenvalue weighted by atomic mass is 9.93. The SMILES string of the molecule is CC(C)(C)c1cc(NC(=O)Nc2ccc(NCc3cc4ccccc4cn3)cc2)no1. The van der Waals surface area contributed by atoms with Crippen LogP contribution in [0.3, 0.4) is 0 Å². The van der Waals surface area contributed by atoms with E-state index >= 15 is 0 Å². The normalized spacial score (nSPS) is 11.3. The van der Waals surface area contributed by atoms with Crippen LogP contribution in [-0.4, -0.2) is 16.2 Å². The lowest BCUT2D eigenvalue weighted by Gasteiger charge is -2.12. The number of rotatable bonds is 5. The molecule has 4 rings (SSSR count). The van der Waals surface area contributed by atoms with Gasteiger partial charge < -0.3 is 15.2 Å². The van der Waals surface area contributed by atoms with Crippen LogP contribution in [0.1, 0.15) is 32.2 Å². The number of hydrogen-bond donors (Lipinski definition) is 3. The maximum Gasteiger partial charge on any atom is 0.324 e. The minimum Gasteiger partial charge on any atom is -0.379 e. The van der Waals surface area contributed by atoms with E-state index in [1.54, 1.807) is 6.07 Å². The van der Waals surface area contributed by atoms with E-state index in [1.165, 1.54) is 5.39 Å². The smallest absolute Gasteiger partial charge is 0.324 e. The fraction of sp³-hybridized carbons (Fsp3) is 0.208. The Bertz CT molecular complexity index is 1190. The van der Waals surface area contributed by atoms with Crippen LogP contribution in [0.25, 0.3) is 10.8 Å². The summed E-state index contributed by atoms with van der Waals surface area (Å²) in [5, 5.41) is 15.0. The molecule has 2 heterocycles. The molecule has 0 radical (unpaired) electrons. The summed E-state index contributed by atoms with van der Waals surface area (Å²) in [5.74, 6) is 1.09. The second kappa shape index (κ2) is 8.47. The zero-order valence-corrected chi connectivity index (χ0v) is 17.8. The topological polar surface area (TPSA) is 92.1 Å². The predicted octanol–water partition coefficient (Wildman–Crippen LogP) is 5.78. The van der Waals surface area contributed by atoms with Crippen LogP contribution in [0.2, 0.25) is 0 Å². The lowest BCUT2D eigenvalue weighted by molar-refractivity contribution is 0.262. The standard InChI is InChI=1S/C24H25N5O2/c1-24(2,3)21-13-22(29-31-21)28-23(30)27-19-10-8-18(9-11-19)26-15-20-12-16-6-4-5-7-17(16)14-25-20/h4-14,26H,15H2,1-3H3,(H2,27,28,29,30). The third-order valence-corrected chi connectivity index (χ3v) is 4.79. The van der Waals surface area contributed by atoms with Gasteiger partial charge in [0.15, 0.2) is 5.82 Å². The average Bonchev–Trinajstić information content (AvgIpc) is 3.22. The van der Waals surface area contributed by atoms with Crippen LogP contribution in [-0.2, 0) is 12.0 Å². The van der Waals surface area contributed by atoms with Gasteiger partial charge in [-0.2, -0.15) is 0 Å². The van der Waals surface area contributed by atoms with Crippen LogP contribution < -0.4 is 16.0 Å². The molecule has 2 amide bonds. The summed E-state index contributed by atoms with van der Waals surface area (Å²) in [5.41, 5.74) is 2.40. The summed E-state index contributed by atoms with van der Waals surface area (Å²) in [7, 11) is 0. The van der Waals surface area contributed by atoms with Crippen molar-refractivity contribution in [2.45, 2.75) is 32.7 Å². The molecule has 0 unspecified atom stereocenters. The summed E-state index contributed by atoms with van der Waals surface area (Å²) in [6.45, 7) is 6.66. The molecule has 0 aliphatic heterocycles. The molecule has 0 fully saturated rings.